The van der Waals surface area contributed by atoms with Gasteiger partial charge in [0.1, 0.15) is 11.8 Å². The number of primary amides is 1. The maximum atomic E-state index is 12.9. The third-order valence-corrected chi connectivity index (χ3v) is 16.9. The number of unbranched alkanes of at least 4 members (excludes halogenated alkanes) is 11. The number of likely N-dealkylation sites (tertiary alicyclic amines) is 1. The Labute approximate surface area is 600 Å². The third kappa shape index (κ3) is 58.9. The van der Waals surface area contributed by atoms with Crippen LogP contribution in [0.1, 0.15) is 168 Å². The third-order valence-electron chi connectivity index (χ3n) is 15.7. The second-order valence-electron chi connectivity index (χ2n) is 24.3. The molecule has 7 N–H and O–H groups in total. The molecule has 30 heteroatoms. The molecule has 100 heavy (non-hydrogen) atoms. The Kier molecular flexibility index (Phi) is 64.4. The number of rotatable bonds is 76. The summed E-state index contributed by atoms with van der Waals surface area (Å²) in [6, 6.07) is -1.57. The van der Waals surface area contributed by atoms with Crippen LogP contribution < -0.4 is 32.3 Å². The number of thioether (sulfide) groups is 1. The summed E-state index contributed by atoms with van der Waals surface area (Å²) in [5, 5.41) is 13.4. The number of ether oxygens (including phenoxy) is 12. The summed E-state index contributed by atoms with van der Waals surface area (Å²) in [4.78, 5) is 114. The Morgan fingerprint density at radius 3 is 1.40 bits per heavy atom. The highest BCUT2D eigenvalue weighted by molar-refractivity contribution is 8.00. The number of ketones is 2. The molecule has 1 heterocycles. The Hall–Kier alpha value is -4.54. The number of carbonyl (C=O) groups is 9. The first-order valence-corrected chi connectivity index (χ1v) is 38.0. The van der Waals surface area contributed by atoms with Crippen LogP contribution in [0.3, 0.4) is 0 Å². The van der Waals surface area contributed by atoms with Crippen molar-refractivity contribution in [1.82, 2.24) is 36.4 Å². The smallest absolute Gasteiger partial charge is 0.315 e. The number of nitrogens with zero attached hydrogens (tertiary/aromatic N) is 2. The van der Waals surface area contributed by atoms with E-state index in [0.717, 1.165) is 45.1 Å². The summed E-state index contributed by atoms with van der Waals surface area (Å²) in [6.07, 6.45) is 17.2. The van der Waals surface area contributed by atoms with Crippen LogP contribution in [0, 0.1) is 0 Å². The van der Waals surface area contributed by atoms with Crippen LogP contribution in [0.4, 0.5) is 4.79 Å². The zero-order valence-corrected chi connectivity index (χ0v) is 62.2. The number of hydrogen-bond acceptors (Lipinski definition) is 23. The molecule has 0 saturated carbocycles. The van der Waals surface area contributed by atoms with Gasteiger partial charge in [0.2, 0.25) is 35.4 Å². The van der Waals surface area contributed by atoms with Gasteiger partial charge >= 0.3 is 6.03 Å². The lowest BCUT2D eigenvalue weighted by molar-refractivity contribution is -0.138. The molecule has 1 fully saturated rings. The van der Waals surface area contributed by atoms with E-state index in [2.05, 4.69) is 38.4 Å². The molecule has 3 atom stereocenters. The fraction of sp³-hybridized carbons (Fsp3) is 0.871. The van der Waals surface area contributed by atoms with Crippen LogP contribution in [-0.2, 0) is 95.2 Å². The van der Waals surface area contributed by atoms with Gasteiger partial charge in [-0.05, 0) is 65.5 Å². The van der Waals surface area contributed by atoms with Crippen molar-refractivity contribution in [3.63, 3.8) is 0 Å². The van der Waals surface area contributed by atoms with Crippen molar-refractivity contribution in [3.05, 3.63) is 0 Å². The van der Waals surface area contributed by atoms with Gasteiger partial charge in [0.05, 0.1) is 163 Å². The molecule has 0 spiro atoms. The number of nitrogens with two attached hydrogens (primary N) is 1. The van der Waals surface area contributed by atoms with Gasteiger partial charge in [-0.2, -0.15) is 0 Å². The minimum atomic E-state index is -0.697. The van der Waals surface area contributed by atoms with Crippen molar-refractivity contribution in [2.45, 2.75) is 186 Å². The van der Waals surface area contributed by atoms with Gasteiger partial charge in [0.25, 0.3) is 0 Å². The first-order valence-electron chi connectivity index (χ1n) is 37.0. The van der Waals surface area contributed by atoms with E-state index in [4.69, 9.17) is 62.6 Å². The van der Waals surface area contributed by atoms with Gasteiger partial charge in [-0.25, -0.2) is 4.79 Å². The number of nitrogens with one attached hydrogen (secondary N) is 5. The zero-order chi connectivity index (χ0) is 73.0. The standard InChI is InChI=1S/C70H130N8O21S/c1-5-7-8-9-10-11-12-13-15-24-66(83)76-61(68(71)85)22-17-18-27-72-65(82)26-34-89-36-38-91-40-42-93-44-46-95-48-50-97-52-54-99-56-55-98-53-51-96-49-47-94-45-43-92-41-39-90-37-35-88-33-20-21-60(79)25-31-78-67(84)58-63(69(78)86)100-57-29-73-64(81)23-16-14-19-30-77(4)32-28-74-70(87)75-59(3)62(80)6-2/h59,61,63H,5-58H2,1-4H3,(H2,71,85)(H,72,82)(H,73,81)(H,76,83)(H2,74,75,87)/t59-,61-,63?/m0/s1. The number of urea groups is 1. The lowest BCUT2D eigenvalue weighted by Crippen LogP contribution is -2.46. The summed E-state index contributed by atoms with van der Waals surface area (Å²) >= 11 is 1.34. The van der Waals surface area contributed by atoms with E-state index < -0.39 is 23.2 Å². The highest BCUT2D eigenvalue weighted by atomic mass is 32.2. The molecule has 1 rings (SSSR count). The molecule has 582 valence electrons. The zero-order valence-electron chi connectivity index (χ0n) is 61.4. The first kappa shape index (κ1) is 93.5. The topological polar surface area (TPSA) is 357 Å². The molecule has 8 amide bonds. The molecule has 0 aromatic rings. The molecule has 1 unspecified atom stereocenters. The molecular formula is C70H130N8O21S. The molecule has 0 aromatic carbocycles. The summed E-state index contributed by atoms with van der Waals surface area (Å²) in [5.41, 5.74) is 5.53. The number of likely N-dealkylation sites (N-methyl/N-ethyl adjacent to an activating group) is 1. The lowest BCUT2D eigenvalue weighted by Gasteiger charge is -2.18. The molecule has 1 saturated heterocycles. The largest absolute Gasteiger partial charge is 0.379 e. The van der Waals surface area contributed by atoms with E-state index in [1.165, 1.54) is 55.2 Å². The molecule has 0 aliphatic carbocycles. The van der Waals surface area contributed by atoms with Crippen molar-refractivity contribution < 1.29 is 100.0 Å². The van der Waals surface area contributed by atoms with E-state index in [1.807, 2.05) is 7.05 Å². The Bertz CT molecular complexity index is 2100. The van der Waals surface area contributed by atoms with Crippen LogP contribution in [0.25, 0.3) is 0 Å². The average molecular weight is 1450 g/mol. The molecule has 0 bridgehead atoms. The van der Waals surface area contributed by atoms with E-state index in [-0.39, 0.29) is 86.0 Å². The van der Waals surface area contributed by atoms with E-state index in [9.17, 15) is 43.2 Å². The first-order chi connectivity index (χ1) is 48.7. The van der Waals surface area contributed by atoms with Gasteiger partial charge in [0, 0.05) is 90.0 Å². The van der Waals surface area contributed by atoms with E-state index in [0.29, 0.717) is 229 Å². The number of hydrogen-bond donors (Lipinski definition) is 6. The molecule has 29 nitrogen and oxygen atoms in total. The lowest BCUT2D eigenvalue weighted by atomic mass is 10.1. The molecule has 0 radical (unpaired) electrons. The maximum absolute atomic E-state index is 12.9. The van der Waals surface area contributed by atoms with Gasteiger partial charge in [0.15, 0.2) is 5.78 Å². The predicted octanol–water partition coefficient (Wildman–Crippen LogP) is 4.63. The summed E-state index contributed by atoms with van der Waals surface area (Å²) in [5.74, 6) is -0.999. The van der Waals surface area contributed by atoms with Gasteiger partial charge in [-0.15, -0.1) is 11.8 Å². The molecular weight excluding hydrogens is 1320 g/mol. The van der Waals surface area contributed by atoms with E-state index >= 15 is 0 Å². The Morgan fingerprint density at radius 2 is 0.910 bits per heavy atom. The van der Waals surface area contributed by atoms with Crippen LogP contribution in [0.5, 0.6) is 0 Å². The van der Waals surface area contributed by atoms with Gasteiger partial charge < -0.3 is 94.1 Å². The SMILES string of the molecule is CCCCCCCCCCCC(=O)N[C@@H](CCCCNC(=O)CCOCCOCCOCCOCCOCCOCCOCCOCCOCCOCCOCCOCCCC(=O)CCN1C(=O)CC(SCCNC(=O)CCCCCN(C)CCNC(=O)N[C@@H](C)C(=O)CC)C1=O)C(N)=O. The number of imide groups is 1. The predicted molar refractivity (Wildman–Crippen MR) is 381 cm³/mol. The fourth-order valence-electron chi connectivity index (χ4n) is 9.81. The van der Waals surface area contributed by atoms with Crippen molar-refractivity contribution in [1.29, 1.82) is 0 Å². The Morgan fingerprint density at radius 1 is 0.470 bits per heavy atom. The average Bonchev–Trinajstić information content (AvgIpc) is 1.70. The van der Waals surface area contributed by atoms with Crippen molar-refractivity contribution in [3.8, 4) is 0 Å². The summed E-state index contributed by atoms with van der Waals surface area (Å²) in [7, 11) is 1.97. The van der Waals surface area contributed by atoms with Crippen molar-refractivity contribution in [2.24, 2.45) is 5.73 Å². The number of carbonyl (C=O) groups excluding carboxylic acids is 9. The fourth-order valence-corrected chi connectivity index (χ4v) is 10.8. The monoisotopic (exact) mass is 1450 g/mol. The maximum Gasteiger partial charge on any atom is 0.315 e. The van der Waals surface area contributed by atoms with Gasteiger partial charge in [-0.3, -0.25) is 43.3 Å². The second-order valence-corrected chi connectivity index (χ2v) is 25.6. The second kappa shape index (κ2) is 68.9. The molecule has 1 aliphatic heterocycles. The number of amides is 8. The number of Topliss-reactive ketones (excluding diaryl/α,β-unsaturated/α-hetero) is 2. The molecule has 1 aliphatic rings. The van der Waals surface area contributed by atoms with Crippen LogP contribution >= 0.6 is 11.8 Å². The van der Waals surface area contributed by atoms with Gasteiger partial charge in [-0.1, -0.05) is 71.6 Å². The van der Waals surface area contributed by atoms with Crippen molar-refractivity contribution in [2.75, 3.05) is 211 Å². The highest BCUT2D eigenvalue weighted by Crippen LogP contribution is 2.25. The normalized spacial score (nSPS) is 13.7. The van der Waals surface area contributed by atoms with Crippen molar-refractivity contribution >= 4 is 64.8 Å². The quantitative estimate of drug-likeness (QED) is 0.0357. The highest BCUT2D eigenvalue weighted by Gasteiger charge is 2.38. The minimum absolute atomic E-state index is 0.0201. The van der Waals surface area contributed by atoms with Crippen LogP contribution in [0.2, 0.25) is 0 Å². The minimum Gasteiger partial charge on any atom is -0.379 e. The van der Waals surface area contributed by atoms with E-state index in [1.54, 1.807) is 13.8 Å². The van der Waals surface area contributed by atoms with Crippen LogP contribution in [-0.4, -0.2) is 291 Å². The summed E-state index contributed by atoms with van der Waals surface area (Å²) in [6.45, 7) is 18.5. The molecule has 0 aromatic heterocycles. The van der Waals surface area contributed by atoms with Crippen LogP contribution in [0.15, 0.2) is 0 Å². The summed E-state index contributed by atoms with van der Waals surface area (Å²) < 4.78 is 66.4. The Balaban J connectivity index is 1.79.